The van der Waals surface area contributed by atoms with E-state index in [9.17, 15) is 13.6 Å². The predicted molar refractivity (Wildman–Crippen MR) is 80.4 cm³/mol. The molecule has 1 aromatic rings. The van der Waals surface area contributed by atoms with E-state index in [0.29, 0.717) is 23.8 Å². The molecule has 6 heteroatoms. The van der Waals surface area contributed by atoms with Crippen molar-refractivity contribution in [2.75, 3.05) is 18.9 Å². The number of thioether (sulfide) groups is 1. The second kappa shape index (κ2) is 8.34. The van der Waals surface area contributed by atoms with Crippen molar-refractivity contribution in [2.24, 2.45) is 0 Å². The zero-order chi connectivity index (χ0) is 15.9. The van der Waals surface area contributed by atoms with Crippen molar-refractivity contribution in [1.29, 1.82) is 0 Å². The van der Waals surface area contributed by atoms with Crippen LogP contribution in [0.2, 0.25) is 0 Å². The highest BCUT2D eigenvalue weighted by atomic mass is 32.2. The van der Waals surface area contributed by atoms with E-state index in [4.69, 9.17) is 4.74 Å². The number of benzene rings is 1. The lowest BCUT2D eigenvalue weighted by Gasteiger charge is -2.28. The SMILES string of the molecule is CCCNC(C)(CSc1ccc(F)c(F)c1)C(=O)OCC. The van der Waals surface area contributed by atoms with Crippen molar-refractivity contribution in [3.63, 3.8) is 0 Å². The zero-order valence-electron chi connectivity index (χ0n) is 12.5. The molecule has 0 radical (unpaired) electrons. The number of carbonyl (C=O) groups excluding carboxylic acids is 1. The molecule has 0 fully saturated rings. The monoisotopic (exact) mass is 317 g/mol. The number of nitrogens with one attached hydrogen (secondary N) is 1. The van der Waals surface area contributed by atoms with Gasteiger partial charge in [-0.25, -0.2) is 8.78 Å². The zero-order valence-corrected chi connectivity index (χ0v) is 13.4. The van der Waals surface area contributed by atoms with Crippen molar-refractivity contribution in [1.82, 2.24) is 5.32 Å². The van der Waals surface area contributed by atoms with Crippen molar-refractivity contribution in [3.05, 3.63) is 29.8 Å². The number of rotatable bonds is 8. The van der Waals surface area contributed by atoms with E-state index in [1.165, 1.54) is 17.8 Å². The lowest BCUT2D eigenvalue weighted by atomic mass is 10.1. The molecule has 0 saturated heterocycles. The molecular formula is C15H21F2NO2S. The first-order valence-electron chi connectivity index (χ1n) is 6.93. The summed E-state index contributed by atoms with van der Waals surface area (Å²) in [5.74, 6) is -1.74. The molecule has 1 N–H and O–H groups in total. The molecule has 1 atom stereocenters. The van der Waals surface area contributed by atoms with E-state index in [2.05, 4.69) is 5.32 Å². The van der Waals surface area contributed by atoms with Gasteiger partial charge in [-0.1, -0.05) is 6.92 Å². The molecule has 3 nitrogen and oxygen atoms in total. The molecule has 0 saturated carbocycles. The van der Waals surface area contributed by atoms with Gasteiger partial charge in [-0.05, 0) is 45.0 Å². The largest absolute Gasteiger partial charge is 0.465 e. The fourth-order valence-corrected chi connectivity index (χ4v) is 2.69. The van der Waals surface area contributed by atoms with Crippen LogP contribution in [0.3, 0.4) is 0 Å². The first-order chi connectivity index (χ1) is 9.92. The molecular weight excluding hydrogens is 296 g/mol. The van der Waals surface area contributed by atoms with Gasteiger partial charge in [-0.2, -0.15) is 0 Å². The van der Waals surface area contributed by atoms with Gasteiger partial charge in [-0.3, -0.25) is 4.79 Å². The van der Waals surface area contributed by atoms with Crippen LogP contribution in [0.5, 0.6) is 0 Å². The topological polar surface area (TPSA) is 38.3 Å². The first kappa shape index (κ1) is 17.9. The van der Waals surface area contributed by atoms with Crippen LogP contribution < -0.4 is 5.32 Å². The molecule has 0 heterocycles. The van der Waals surface area contributed by atoms with E-state index < -0.39 is 17.2 Å². The summed E-state index contributed by atoms with van der Waals surface area (Å²) in [6.45, 7) is 6.49. The van der Waals surface area contributed by atoms with Gasteiger partial charge in [0.05, 0.1) is 6.61 Å². The lowest BCUT2D eigenvalue weighted by Crippen LogP contribution is -2.52. The van der Waals surface area contributed by atoms with E-state index in [0.717, 1.165) is 18.6 Å². The van der Waals surface area contributed by atoms with Crippen LogP contribution in [0, 0.1) is 11.6 Å². The quantitative estimate of drug-likeness (QED) is 0.589. The number of halogens is 2. The Hall–Kier alpha value is -1.14. The molecule has 0 aliphatic heterocycles. The van der Waals surface area contributed by atoms with Gasteiger partial charge in [0.1, 0.15) is 5.54 Å². The highest BCUT2D eigenvalue weighted by Gasteiger charge is 2.34. The Bertz CT molecular complexity index is 485. The van der Waals surface area contributed by atoms with E-state index in [1.54, 1.807) is 13.8 Å². The molecule has 0 amide bonds. The minimum absolute atomic E-state index is 0.304. The van der Waals surface area contributed by atoms with Gasteiger partial charge < -0.3 is 10.1 Å². The maximum atomic E-state index is 13.2. The van der Waals surface area contributed by atoms with Crippen LogP contribution in [0.1, 0.15) is 27.2 Å². The van der Waals surface area contributed by atoms with Crippen LogP contribution in [0.25, 0.3) is 0 Å². The molecule has 1 unspecified atom stereocenters. The Morgan fingerprint density at radius 1 is 1.33 bits per heavy atom. The smallest absolute Gasteiger partial charge is 0.326 e. The van der Waals surface area contributed by atoms with Crippen LogP contribution >= 0.6 is 11.8 Å². The number of hydrogen-bond donors (Lipinski definition) is 1. The lowest BCUT2D eigenvalue weighted by molar-refractivity contribution is -0.149. The van der Waals surface area contributed by atoms with Crippen LogP contribution in [-0.2, 0) is 9.53 Å². The molecule has 0 spiro atoms. The normalized spacial score (nSPS) is 13.8. The summed E-state index contributed by atoms with van der Waals surface area (Å²) in [5.41, 5.74) is -0.860. The molecule has 0 aromatic heterocycles. The van der Waals surface area contributed by atoms with Gasteiger partial charge in [-0.15, -0.1) is 11.8 Å². The summed E-state index contributed by atoms with van der Waals surface area (Å²) in [6.07, 6.45) is 0.880. The number of esters is 1. The molecule has 118 valence electrons. The summed E-state index contributed by atoms with van der Waals surface area (Å²) in [5, 5.41) is 3.16. The fourth-order valence-electron chi connectivity index (χ4n) is 1.67. The van der Waals surface area contributed by atoms with Crippen molar-refractivity contribution < 1.29 is 18.3 Å². The Labute approximate surface area is 128 Å². The van der Waals surface area contributed by atoms with Crippen molar-refractivity contribution in [2.45, 2.75) is 37.6 Å². The number of ether oxygens (including phenoxy) is 1. The number of hydrogen-bond acceptors (Lipinski definition) is 4. The van der Waals surface area contributed by atoms with Gasteiger partial charge in [0.25, 0.3) is 0 Å². The summed E-state index contributed by atoms with van der Waals surface area (Å²) in [7, 11) is 0. The Balaban J connectivity index is 2.76. The maximum Gasteiger partial charge on any atom is 0.326 e. The summed E-state index contributed by atoms with van der Waals surface area (Å²) in [6, 6.07) is 3.71. The predicted octanol–water partition coefficient (Wildman–Crippen LogP) is 3.38. The molecule has 1 rings (SSSR count). The Morgan fingerprint density at radius 2 is 2.05 bits per heavy atom. The van der Waals surface area contributed by atoms with Gasteiger partial charge >= 0.3 is 5.97 Å². The van der Waals surface area contributed by atoms with Crippen molar-refractivity contribution >= 4 is 17.7 Å². The van der Waals surface area contributed by atoms with Gasteiger partial charge in [0.15, 0.2) is 11.6 Å². The Kier molecular flexibility index (Phi) is 7.11. The van der Waals surface area contributed by atoms with Crippen LogP contribution in [0.15, 0.2) is 23.1 Å². The minimum Gasteiger partial charge on any atom is -0.465 e. The fraction of sp³-hybridized carbons (Fsp3) is 0.533. The third-order valence-corrected chi connectivity index (χ3v) is 4.22. The third kappa shape index (κ3) is 5.28. The van der Waals surface area contributed by atoms with Gasteiger partial charge in [0.2, 0.25) is 0 Å². The molecule has 0 aliphatic rings. The first-order valence-corrected chi connectivity index (χ1v) is 7.91. The van der Waals surface area contributed by atoms with Crippen LogP contribution in [-0.4, -0.2) is 30.4 Å². The second-order valence-corrected chi connectivity index (χ2v) is 5.89. The maximum absolute atomic E-state index is 13.2. The summed E-state index contributed by atoms with van der Waals surface area (Å²) < 4.78 is 31.2. The molecule has 0 aliphatic carbocycles. The summed E-state index contributed by atoms with van der Waals surface area (Å²) >= 11 is 1.28. The second-order valence-electron chi connectivity index (χ2n) is 4.84. The summed E-state index contributed by atoms with van der Waals surface area (Å²) in [4.78, 5) is 12.7. The highest BCUT2D eigenvalue weighted by molar-refractivity contribution is 7.99. The average Bonchev–Trinajstić information content (AvgIpc) is 2.46. The molecule has 21 heavy (non-hydrogen) atoms. The number of carbonyl (C=O) groups is 1. The van der Waals surface area contributed by atoms with Crippen molar-refractivity contribution in [3.8, 4) is 0 Å². The average molecular weight is 317 g/mol. The van der Waals surface area contributed by atoms with E-state index in [1.807, 2.05) is 6.92 Å². The van der Waals surface area contributed by atoms with E-state index >= 15 is 0 Å². The molecule has 1 aromatic carbocycles. The highest BCUT2D eigenvalue weighted by Crippen LogP contribution is 2.25. The molecule has 0 bridgehead atoms. The van der Waals surface area contributed by atoms with E-state index in [-0.39, 0.29) is 5.97 Å². The van der Waals surface area contributed by atoms with Crippen LogP contribution in [0.4, 0.5) is 8.78 Å². The van der Waals surface area contributed by atoms with Gasteiger partial charge in [0, 0.05) is 10.6 Å². The standard InChI is InChI=1S/C15H21F2NO2S/c1-4-8-18-15(3,14(19)20-5-2)10-21-11-6-7-12(16)13(17)9-11/h6-7,9,18H,4-5,8,10H2,1-3H3. The Morgan fingerprint density at radius 3 is 2.62 bits per heavy atom. The third-order valence-electron chi connectivity index (χ3n) is 2.91. The minimum atomic E-state index is -0.889.